The standard InChI is InChI=1S/C21H16N2OS/c1-13-9-10-17-18(12-13)22-23-21(20(17)19-8-5-11-25-19)16-7-4-3-6-15(16)14(2)24/h3-12H,1-2H3. The van der Waals surface area contributed by atoms with Gasteiger partial charge >= 0.3 is 0 Å². The zero-order valence-corrected chi connectivity index (χ0v) is 14.8. The van der Waals surface area contributed by atoms with E-state index in [1.54, 1.807) is 18.3 Å². The van der Waals surface area contributed by atoms with Gasteiger partial charge in [0.05, 0.1) is 5.52 Å². The molecule has 4 heteroatoms. The molecule has 0 fully saturated rings. The Morgan fingerprint density at radius 1 is 1.00 bits per heavy atom. The van der Waals surface area contributed by atoms with Crippen molar-refractivity contribution < 1.29 is 4.79 Å². The lowest BCUT2D eigenvalue weighted by Gasteiger charge is -2.13. The molecule has 3 nitrogen and oxygen atoms in total. The van der Waals surface area contributed by atoms with Gasteiger partial charge in [0.15, 0.2) is 5.78 Å². The normalized spacial score (nSPS) is 11.0. The highest BCUT2D eigenvalue weighted by atomic mass is 32.1. The molecule has 0 bridgehead atoms. The maximum Gasteiger partial charge on any atom is 0.160 e. The van der Waals surface area contributed by atoms with Crippen LogP contribution in [0.4, 0.5) is 0 Å². The quantitative estimate of drug-likeness (QED) is 0.459. The van der Waals surface area contributed by atoms with Gasteiger partial charge in [0.1, 0.15) is 5.69 Å². The second-order valence-corrected chi connectivity index (χ2v) is 6.97. The Labute approximate surface area is 150 Å². The summed E-state index contributed by atoms with van der Waals surface area (Å²) in [6.07, 6.45) is 0. The number of carbonyl (C=O) groups is 1. The number of Topliss-reactive ketones (excluding diaryl/α,β-unsaturated/α-hetero) is 1. The van der Waals surface area contributed by atoms with Crippen LogP contribution in [-0.2, 0) is 0 Å². The van der Waals surface area contributed by atoms with Gasteiger partial charge in [0, 0.05) is 27.0 Å². The van der Waals surface area contributed by atoms with E-state index in [1.807, 2.05) is 43.3 Å². The summed E-state index contributed by atoms with van der Waals surface area (Å²) < 4.78 is 0. The van der Waals surface area contributed by atoms with Crippen LogP contribution in [0.3, 0.4) is 0 Å². The number of hydrogen-bond donors (Lipinski definition) is 0. The number of hydrogen-bond acceptors (Lipinski definition) is 4. The molecule has 4 rings (SSSR count). The number of ketones is 1. The number of fused-ring (bicyclic) bond motifs is 1. The van der Waals surface area contributed by atoms with Crippen molar-refractivity contribution in [1.29, 1.82) is 0 Å². The van der Waals surface area contributed by atoms with Crippen LogP contribution in [-0.4, -0.2) is 16.0 Å². The van der Waals surface area contributed by atoms with Crippen LogP contribution in [0.1, 0.15) is 22.8 Å². The van der Waals surface area contributed by atoms with E-state index in [1.165, 1.54) is 0 Å². The summed E-state index contributed by atoms with van der Waals surface area (Å²) in [4.78, 5) is 13.2. The van der Waals surface area contributed by atoms with E-state index < -0.39 is 0 Å². The largest absolute Gasteiger partial charge is 0.294 e. The van der Waals surface area contributed by atoms with E-state index in [0.717, 1.165) is 38.2 Å². The lowest BCUT2D eigenvalue weighted by molar-refractivity contribution is 0.101. The minimum absolute atomic E-state index is 0.0264. The van der Waals surface area contributed by atoms with E-state index >= 15 is 0 Å². The Morgan fingerprint density at radius 2 is 1.84 bits per heavy atom. The molecule has 25 heavy (non-hydrogen) atoms. The fourth-order valence-electron chi connectivity index (χ4n) is 3.07. The van der Waals surface area contributed by atoms with Crippen molar-refractivity contribution in [3.8, 4) is 21.7 Å². The average Bonchev–Trinajstić information content (AvgIpc) is 3.14. The number of aryl methyl sites for hydroxylation is 1. The third kappa shape index (κ3) is 2.75. The fraction of sp³-hybridized carbons (Fsp3) is 0.0952. The van der Waals surface area contributed by atoms with Gasteiger partial charge in [-0.3, -0.25) is 4.79 Å². The first-order chi connectivity index (χ1) is 12.1. The lowest BCUT2D eigenvalue weighted by Crippen LogP contribution is -2.00. The van der Waals surface area contributed by atoms with Gasteiger partial charge < -0.3 is 0 Å². The van der Waals surface area contributed by atoms with E-state index in [4.69, 9.17) is 0 Å². The minimum Gasteiger partial charge on any atom is -0.294 e. The Hall–Kier alpha value is -2.85. The summed E-state index contributed by atoms with van der Waals surface area (Å²) >= 11 is 1.67. The summed E-state index contributed by atoms with van der Waals surface area (Å²) in [6.45, 7) is 3.63. The minimum atomic E-state index is 0.0264. The van der Waals surface area contributed by atoms with Crippen LogP contribution in [0.2, 0.25) is 0 Å². The van der Waals surface area contributed by atoms with E-state index in [2.05, 4.69) is 33.8 Å². The molecule has 0 radical (unpaired) electrons. The molecule has 0 aliphatic carbocycles. The fourth-order valence-corrected chi connectivity index (χ4v) is 3.86. The van der Waals surface area contributed by atoms with Gasteiger partial charge in [-0.05, 0) is 36.9 Å². The zero-order valence-electron chi connectivity index (χ0n) is 14.0. The van der Waals surface area contributed by atoms with Crippen LogP contribution in [0.25, 0.3) is 32.6 Å². The van der Waals surface area contributed by atoms with Gasteiger partial charge in [-0.25, -0.2) is 0 Å². The van der Waals surface area contributed by atoms with Crippen molar-refractivity contribution in [2.75, 3.05) is 0 Å². The van der Waals surface area contributed by atoms with Crippen LogP contribution in [0, 0.1) is 6.92 Å². The van der Waals surface area contributed by atoms with Crippen molar-refractivity contribution in [3.05, 3.63) is 71.1 Å². The Bertz CT molecular complexity index is 1080. The SMILES string of the molecule is CC(=O)c1ccccc1-c1nnc2cc(C)ccc2c1-c1cccs1. The highest BCUT2D eigenvalue weighted by Crippen LogP contribution is 2.39. The van der Waals surface area contributed by atoms with Gasteiger partial charge in [-0.1, -0.05) is 42.5 Å². The van der Waals surface area contributed by atoms with Crippen LogP contribution >= 0.6 is 11.3 Å². The molecule has 122 valence electrons. The number of aromatic nitrogens is 2. The topological polar surface area (TPSA) is 42.9 Å². The molecular weight excluding hydrogens is 328 g/mol. The molecule has 2 heterocycles. The van der Waals surface area contributed by atoms with Gasteiger partial charge in [-0.15, -0.1) is 21.5 Å². The van der Waals surface area contributed by atoms with Crippen molar-refractivity contribution in [2.45, 2.75) is 13.8 Å². The first kappa shape index (κ1) is 15.7. The predicted molar refractivity (Wildman–Crippen MR) is 103 cm³/mol. The van der Waals surface area contributed by atoms with E-state index in [-0.39, 0.29) is 5.78 Å². The average molecular weight is 344 g/mol. The molecular formula is C21H16N2OS. The maximum atomic E-state index is 12.1. The summed E-state index contributed by atoms with van der Waals surface area (Å²) in [7, 11) is 0. The summed E-state index contributed by atoms with van der Waals surface area (Å²) in [6, 6.07) is 17.9. The summed E-state index contributed by atoms with van der Waals surface area (Å²) in [5.41, 5.74) is 5.30. The molecule has 0 saturated heterocycles. The molecule has 0 aliphatic heterocycles. The maximum absolute atomic E-state index is 12.1. The monoisotopic (exact) mass is 344 g/mol. The van der Waals surface area contributed by atoms with Crippen molar-refractivity contribution >= 4 is 28.0 Å². The second-order valence-electron chi connectivity index (χ2n) is 6.02. The molecule has 2 aromatic carbocycles. The van der Waals surface area contributed by atoms with Gasteiger partial charge in [-0.2, -0.15) is 0 Å². The van der Waals surface area contributed by atoms with Gasteiger partial charge in [0.2, 0.25) is 0 Å². The summed E-state index contributed by atoms with van der Waals surface area (Å²) in [5.74, 6) is 0.0264. The highest BCUT2D eigenvalue weighted by Gasteiger charge is 2.19. The van der Waals surface area contributed by atoms with Crippen molar-refractivity contribution in [3.63, 3.8) is 0 Å². The third-order valence-electron chi connectivity index (χ3n) is 4.25. The van der Waals surface area contributed by atoms with Crippen molar-refractivity contribution in [1.82, 2.24) is 10.2 Å². The first-order valence-electron chi connectivity index (χ1n) is 8.06. The second kappa shape index (κ2) is 6.22. The molecule has 2 aromatic heterocycles. The smallest absolute Gasteiger partial charge is 0.160 e. The first-order valence-corrected chi connectivity index (χ1v) is 8.94. The third-order valence-corrected chi connectivity index (χ3v) is 5.13. The molecule has 0 atom stereocenters. The lowest BCUT2D eigenvalue weighted by atomic mass is 9.95. The van der Waals surface area contributed by atoms with Crippen molar-refractivity contribution in [2.24, 2.45) is 0 Å². The Kier molecular flexibility index (Phi) is 3.90. The molecule has 0 aliphatic rings. The molecule has 0 saturated carbocycles. The highest BCUT2D eigenvalue weighted by molar-refractivity contribution is 7.13. The number of rotatable bonds is 3. The summed E-state index contributed by atoms with van der Waals surface area (Å²) in [5, 5.41) is 12.1. The zero-order chi connectivity index (χ0) is 17.4. The number of carbonyl (C=O) groups excluding carboxylic acids is 1. The molecule has 0 amide bonds. The number of thiophene rings is 1. The Balaban J connectivity index is 2.11. The molecule has 4 aromatic rings. The van der Waals surface area contributed by atoms with E-state index in [0.29, 0.717) is 5.56 Å². The van der Waals surface area contributed by atoms with Crippen LogP contribution in [0.15, 0.2) is 60.0 Å². The number of nitrogens with zero attached hydrogens (tertiary/aromatic N) is 2. The van der Waals surface area contributed by atoms with Crippen LogP contribution < -0.4 is 0 Å². The molecule has 0 unspecified atom stereocenters. The molecule has 0 N–H and O–H groups in total. The van der Waals surface area contributed by atoms with E-state index in [9.17, 15) is 4.79 Å². The molecule has 0 spiro atoms. The predicted octanol–water partition coefficient (Wildman–Crippen LogP) is 5.54. The van der Waals surface area contributed by atoms with Gasteiger partial charge in [0.25, 0.3) is 0 Å². The number of benzene rings is 2. The Morgan fingerprint density at radius 3 is 2.60 bits per heavy atom. The van der Waals surface area contributed by atoms with Crippen LogP contribution in [0.5, 0.6) is 0 Å².